The van der Waals surface area contributed by atoms with Crippen LogP contribution in [0.4, 0.5) is 5.69 Å². The Kier molecular flexibility index (Phi) is 4.40. The summed E-state index contributed by atoms with van der Waals surface area (Å²) in [6.07, 6.45) is 0.191. The highest BCUT2D eigenvalue weighted by molar-refractivity contribution is 7.16. The molecule has 0 aliphatic heterocycles. The Labute approximate surface area is 102 Å². The maximum absolute atomic E-state index is 11.5. The molecule has 0 fully saturated rings. The van der Waals surface area contributed by atoms with E-state index in [1.165, 1.54) is 6.07 Å². The summed E-state index contributed by atoms with van der Waals surface area (Å²) in [6.45, 7) is 0.323. The highest BCUT2D eigenvalue weighted by Gasteiger charge is 2.18. The first kappa shape index (κ1) is 13.1. The van der Waals surface area contributed by atoms with E-state index in [-0.39, 0.29) is 22.2 Å². The summed E-state index contributed by atoms with van der Waals surface area (Å²) < 4.78 is 0.123. The molecular formula is C9H11ClN2O3S. The molecule has 0 radical (unpaired) electrons. The molecule has 5 nitrogen and oxygen atoms in total. The van der Waals surface area contributed by atoms with Crippen LogP contribution in [0.5, 0.6) is 0 Å². The lowest BCUT2D eigenvalue weighted by Crippen LogP contribution is -2.22. The molecule has 0 spiro atoms. The van der Waals surface area contributed by atoms with Gasteiger partial charge in [0.15, 0.2) is 10.1 Å². The van der Waals surface area contributed by atoms with Crippen LogP contribution in [0, 0.1) is 10.1 Å². The van der Waals surface area contributed by atoms with Crippen LogP contribution in [-0.4, -0.2) is 36.2 Å². The topological polar surface area (TPSA) is 63.5 Å². The van der Waals surface area contributed by atoms with Crippen molar-refractivity contribution in [3.63, 3.8) is 0 Å². The molecule has 0 unspecified atom stereocenters. The second kappa shape index (κ2) is 5.38. The zero-order valence-corrected chi connectivity index (χ0v) is 10.5. The van der Waals surface area contributed by atoms with E-state index in [9.17, 15) is 14.9 Å². The molecule has 16 heavy (non-hydrogen) atoms. The zero-order valence-electron chi connectivity index (χ0n) is 8.90. The van der Waals surface area contributed by atoms with E-state index in [0.717, 1.165) is 11.3 Å². The first-order valence-electron chi connectivity index (χ1n) is 4.49. The minimum atomic E-state index is -0.543. The lowest BCUT2D eigenvalue weighted by atomic mass is 10.2. The van der Waals surface area contributed by atoms with Gasteiger partial charge in [-0.3, -0.25) is 14.9 Å². The molecule has 0 atom stereocenters. The van der Waals surface area contributed by atoms with Crippen molar-refractivity contribution in [1.29, 1.82) is 0 Å². The minimum absolute atomic E-state index is 0.0119. The molecule has 0 aliphatic carbocycles. The van der Waals surface area contributed by atoms with Gasteiger partial charge in [0.05, 0.1) is 11.5 Å². The van der Waals surface area contributed by atoms with Gasteiger partial charge in [-0.25, -0.2) is 0 Å². The number of nitrogens with zero attached hydrogens (tertiary/aromatic N) is 2. The van der Waals surface area contributed by atoms with Gasteiger partial charge >= 0.3 is 0 Å². The third-order valence-corrected chi connectivity index (χ3v) is 3.12. The lowest BCUT2D eigenvalue weighted by Gasteiger charge is -2.06. The third-order valence-electron chi connectivity index (χ3n) is 1.78. The molecule has 0 N–H and O–H groups in total. The molecule has 0 aromatic carbocycles. The van der Waals surface area contributed by atoms with E-state index >= 15 is 0 Å². The van der Waals surface area contributed by atoms with Crippen molar-refractivity contribution < 1.29 is 9.72 Å². The van der Waals surface area contributed by atoms with Crippen molar-refractivity contribution in [2.45, 2.75) is 6.42 Å². The van der Waals surface area contributed by atoms with Crippen LogP contribution >= 0.6 is 22.9 Å². The largest absolute Gasteiger partial charge is 0.302 e. The SMILES string of the molecule is CN(C)CC(=O)Cc1cc([N+](=O)[O-])c(Cl)s1. The Hall–Kier alpha value is -0.980. The fourth-order valence-corrected chi connectivity index (χ4v) is 2.51. The van der Waals surface area contributed by atoms with Gasteiger partial charge in [-0.05, 0) is 14.1 Å². The summed E-state index contributed by atoms with van der Waals surface area (Å²) in [4.78, 5) is 23.8. The zero-order chi connectivity index (χ0) is 12.3. The second-order valence-corrected chi connectivity index (χ2v) is 5.32. The quantitative estimate of drug-likeness (QED) is 0.601. The van der Waals surface area contributed by atoms with Gasteiger partial charge < -0.3 is 4.90 Å². The highest BCUT2D eigenvalue weighted by atomic mass is 35.5. The standard InChI is InChI=1S/C9H11ClN2O3S/c1-11(2)5-6(13)3-7-4-8(12(14)15)9(10)16-7/h4H,3,5H2,1-2H3. The minimum Gasteiger partial charge on any atom is -0.302 e. The summed E-state index contributed by atoms with van der Waals surface area (Å²) in [5.41, 5.74) is -0.126. The second-order valence-electron chi connectivity index (χ2n) is 3.58. The van der Waals surface area contributed by atoms with Crippen LogP contribution < -0.4 is 0 Å². The number of Topliss-reactive ketones (excluding diaryl/α,β-unsaturated/α-hetero) is 1. The van der Waals surface area contributed by atoms with Gasteiger partial charge in [0, 0.05) is 17.4 Å². The summed E-state index contributed by atoms with van der Waals surface area (Å²) in [5, 5.41) is 10.5. The normalized spacial score (nSPS) is 10.8. The third kappa shape index (κ3) is 3.55. The first-order chi connectivity index (χ1) is 7.40. The summed E-state index contributed by atoms with van der Waals surface area (Å²) in [5.74, 6) is 0.0119. The number of nitro groups is 1. The number of halogens is 1. The molecule has 0 bridgehead atoms. The monoisotopic (exact) mass is 262 g/mol. The number of carbonyl (C=O) groups is 1. The lowest BCUT2D eigenvalue weighted by molar-refractivity contribution is -0.384. The fraction of sp³-hybridized carbons (Fsp3) is 0.444. The number of rotatable bonds is 5. The van der Waals surface area contributed by atoms with Gasteiger partial charge in [-0.15, -0.1) is 11.3 Å². The van der Waals surface area contributed by atoms with Gasteiger partial charge in [-0.1, -0.05) is 11.6 Å². The molecule has 1 aromatic rings. The molecule has 88 valence electrons. The Bertz CT molecular complexity index is 417. The molecule has 0 saturated heterocycles. The van der Waals surface area contributed by atoms with Gasteiger partial charge in [0.1, 0.15) is 0 Å². The van der Waals surface area contributed by atoms with E-state index in [2.05, 4.69) is 0 Å². The summed E-state index contributed by atoms with van der Waals surface area (Å²) in [6, 6.07) is 1.36. The van der Waals surface area contributed by atoms with Crippen molar-refractivity contribution in [1.82, 2.24) is 4.90 Å². The Balaban J connectivity index is 2.72. The number of likely N-dealkylation sites (N-methyl/N-ethyl adjacent to an activating group) is 1. The van der Waals surface area contributed by atoms with Gasteiger partial charge in [0.25, 0.3) is 5.69 Å². The van der Waals surface area contributed by atoms with E-state index in [4.69, 9.17) is 11.6 Å². The molecule has 0 aliphatic rings. The molecule has 1 aromatic heterocycles. The van der Waals surface area contributed by atoms with Crippen LogP contribution in [0.3, 0.4) is 0 Å². The predicted molar refractivity (Wildman–Crippen MR) is 63.2 cm³/mol. The van der Waals surface area contributed by atoms with Crippen LogP contribution in [0.25, 0.3) is 0 Å². The first-order valence-corrected chi connectivity index (χ1v) is 5.68. The predicted octanol–water partition coefficient (Wildman–Crippen LogP) is 1.98. The van der Waals surface area contributed by atoms with Gasteiger partial charge in [-0.2, -0.15) is 0 Å². The Morgan fingerprint density at radius 2 is 2.25 bits per heavy atom. The average Bonchev–Trinajstić information content (AvgIpc) is 2.44. The molecule has 1 heterocycles. The van der Waals surface area contributed by atoms with Crippen molar-refractivity contribution in [2.24, 2.45) is 0 Å². The molecule has 0 amide bonds. The van der Waals surface area contributed by atoms with Crippen LogP contribution in [0.15, 0.2) is 6.07 Å². The van der Waals surface area contributed by atoms with Crippen LogP contribution in [0.1, 0.15) is 4.88 Å². The summed E-state index contributed by atoms with van der Waals surface area (Å²) in [7, 11) is 3.59. The number of hydrogen-bond donors (Lipinski definition) is 0. The molecular weight excluding hydrogens is 252 g/mol. The van der Waals surface area contributed by atoms with Crippen molar-refractivity contribution in [3.8, 4) is 0 Å². The number of hydrogen-bond acceptors (Lipinski definition) is 5. The van der Waals surface area contributed by atoms with Gasteiger partial charge in [0.2, 0.25) is 0 Å². The maximum Gasteiger partial charge on any atom is 0.299 e. The number of carbonyl (C=O) groups excluding carboxylic acids is 1. The fourth-order valence-electron chi connectivity index (χ4n) is 1.22. The summed E-state index contributed by atoms with van der Waals surface area (Å²) >= 11 is 6.77. The van der Waals surface area contributed by atoms with E-state index < -0.39 is 4.92 Å². The van der Waals surface area contributed by atoms with E-state index in [0.29, 0.717) is 11.4 Å². The van der Waals surface area contributed by atoms with Crippen molar-refractivity contribution in [2.75, 3.05) is 20.6 Å². The average molecular weight is 263 g/mol. The number of thiophene rings is 1. The van der Waals surface area contributed by atoms with Crippen LogP contribution in [-0.2, 0) is 11.2 Å². The van der Waals surface area contributed by atoms with E-state index in [1.54, 1.807) is 19.0 Å². The van der Waals surface area contributed by atoms with Crippen molar-refractivity contribution in [3.05, 3.63) is 25.4 Å². The van der Waals surface area contributed by atoms with Crippen molar-refractivity contribution >= 4 is 34.4 Å². The van der Waals surface area contributed by atoms with Crippen LogP contribution in [0.2, 0.25) is 4.34 Å². The Morgan fingerprint density at radius 3 is 2.69 bits per heavy atom. The molecule has 7 heteroatoms. The smallest absolute Gasteiger partial charge is 0.299 e. The maximum atomic E-state index is 11.5. The van der Waals surface area contributed by atoms with E-state index in [1.807, 2.05) is 0 Å². The molecule has 1 rings (SSSR count). The molecule has 0 saturated carbocycles. The Morgan fingerprint density at radius 1 is 1.62 bits per heavy atom. The number of ketones is 1. The highest BCUT2D eigenvalue weighted by Crippen LogP contribution is 2.33.